The van der Waals surface area contributed by atoms with Crippen molar-refractivity contribution in [2.75, 3.05) is 18.5 Å². The number of unbranched alkanes of at least 4 members (excludes halogenated alkanes) is 1. The van der Waals surface area contributed by atoms with E-state index in [0.717, 1.165) is 37.4 Å². The number of hydrogen-bond acceptors (Lipinski definition) is 2. The molecule has 0 aliphatic heterocycles. The first-order valence-electron chi connectivity index (χ1n) is 8.48. The van der Waals surface area contributed by atoms with Gasteiger partial charge in [-0.1, -0.05) is 44.2 Å². The fourth-order valence-electron chi connectivity index (χ4n) is 2.26. The summed E-state index contributed by atoms with van der Waals surface area (Å²) >= 11 is 5.32. The Morgan fingerprint density at radius 1 is 1.00 bits per heavy atom. The van der Waals surface area contributed by atoms with Crippen LogP contribution in [0.2, 0.25) is 0 Å². The van der Waals surface area contributed by atoms with Crippen LogP contribution in [-0.2, 0) is 0 Å². The van der Waals surface area contributed by atoms with E-state index in [-0.39, 0.29) is 0 Å². The van der Waals surface area contributed by atoms with Crippen LogP contribution in [0, 0.1) is 0 Å². The molecule has 0 aromatic heterocycles. The lowest BCUT2D eigenvalue weighted by Crippen LogP contribution is -2.29. The fourth-order valence-corrected chi connectivity index (χ4v) is 2.48. The average Bonchev–Trinajstić information content (AvgIpc) is 2.59. The van der Waals surface area contributed by atoms with E-state index in [9.17, 15) is 0 Å². The summed E-state index contributed by atoms with van der Waals surface area (Å²) in [5, 5.41) is 7.11. The van der Waals surface area contributed by atoms with E-state index >= 15 is 0 Å². The fraction of sp³-hybridized carbons (Fsp3) is 0.350. The summed E-state index contributed by atoms with van der Waals surface area (Å²) in [5.74, 6) is 1.47. The molecule has 0 heterocycles. The third-order valence-electron chi connectivity index (χ3n) is 3.70. The molecule has 0 unspecified atom stereocenters. The molecule has 0 radical (unpaired) electrons. The van der Waals surface area contributed by atoms with Crippen LogP contribution in [-0.4, -0.2) is 18.3 Å². The van der Waals surface area contributed by atoms with Gasteiger partial charge in [0.15, 0.2) is 5.11 Å². The number of thiocarbonyl (C=S) groups is 1. The monoisotopic (exact) mass is 342 g/mol. The zero-order valence-electron chi connectivity index (χ0n) is 14.4. The van der Waals surface area contributed by atoms with Crippen LogP contribution in [0.3, 0.4) is 0 Å². The smallest absolute Gasteiger partial charge is 0.170 e. The van der Waals surface area contributed by atoms with E-state index in [0.29, 0.717) is 11.0 Å². The molecule has 128 valence electrons. The molecule has 2 aromatic rings. The van der Waals surface area contributed by atoms with Crippen molar-refractivity contribution in [3.8, 4) is 5.75 Å². The number of para-hydroxylation sites is 1. The van der Waals surface area contributed by atoms with Crippen LogP contribution in [0.5, 0.6) is 5.75 Å². The quantitative estimate of drug-likeness (QED) is 0.525. The molecule has 3 nitrogen and oxygen atoms in total. The second-order valence-corrected chi connectivity index (χ2v) is 6.43. The molecule has 0 saturated carbocycles. The Hall–Kier alpha value is -2.07. The standard InChI is InChI=1S/C20H26N2OS/c1-16(2)17-10-12-18(13-11-17)22-20(24)21-14-6-7-15-23-19-8-4-3-5-9-19/h3-5,8-13,16H,6-7,14-15H2,1-2H3,(H2,21,22,24). The van der Waals surface area contributed by atoms with Crippen LogP contribution < -0.4 is 15.4 Å². The molecule has 0 saturated heterocycles. The minimum atomic E-state index is 0.544. The van der Waals surface area contributed by atoms with Crippen molar-refractivity contribution < 1.29 is 4.74 Å². The lowest BCUT2D eigenvalue weighted by atomic mass is 10.0. The molecular weight excluding hydrogens is 316 g/mol. The number of ether oxygens (including phenoxy) is 1. The predicted molar refractivity (Wildman–Crippen MR) is 106 cm³/mol. The van der Waals surface area contributed by atoms with Gasteiger partial charge in [0.25, 0.3) is 0 Å². The first-order valence-corrected chi connectivity index (χ1v) is 8.88. The molecule has 0 fully saturated rings. The molecule has 0 aliphatic carbocycles. The summed E-state index contributed by atoms with van der Waals surface area (Å²) < 4.78 is 5.66. The highest BCUT2D eigenvalue weighted by molar-refractivity contribution is 7.80. The SMILES string of the molecule is CC(C)c1ccc(NC(=S)NCCCCOc2ccccc2)cc1. The molecule has 2 rings (SSSR count). The van der Waals surface area contributed by atoms with E-state index in [4.69, 9.17) is 17.0 Å². The Kier molecular flexibility index (Phi) is 7.56. The van der Waals surface area contributed by atoms with Crippen molar-refractivity contribution in [3.05, 3.63) is 60.2 Å². The molecular formula is C20H26N2OS. The first kappa shape index (κ1) is 18.3. The van der Waals surface area contributed by atoms with Crippen LogP contribution in [0.25, 0.3) is 0 Å². The number of benzene rings is 2. The minimum absolute atomic E-state index is 0.544. The van der Waals surface area contributed by atoms with Gasteiger partial charge in [-0.15, -0.1) is 0 Å². The lowest BCUT2D eigenvalue weighted by Gasteiger charge is -2.12. The maximum Gasteiger partial charge on any atom is 0.170 e. The van der Waals surface area contributed by atoms with Crippen molar-refractivity contribution in [1.29, 1.82) is 0 Å². The minimum Gasteiger partial charge on any atom is -0.494 e. The van der Waals surface area contributed by atoms with Crippen molar-refractivity contribution in [3.63, 3.8) is 0 Å². The first-order chi connectivity index (χ1) is 11.6. The highest BCUT2D eigenvalue weighted by Gasteiger charge is 2.00. The second kappa shape index (κ2) is 9.93. The van der Waals surface area contributed by atoms with Gasteiger partial charge in [0.1, 0.15) is 5.75 Å². The van der Waals surface area contributed by atoms with Crippen LogP contribution in [0.15, 0.2) is 54.6 Å². The molecule has 0 amide bonds. The van der Waals surface area contributed by atoms with Crippen molar-refractivity contribution >= 4 is 23.0 Å². The van der Waals surface area contributed by atoms with Gasteiger partial charge >= 0.3 is 0 Å². The topological polar surface area (TPSA) is 33.3 Å². The summed E-state index contributed by atoms with van der Waals surface area (Å²) in [6.45, 7) is 5.95. The molecule has 2 N–H and O–H groups in total. The summed E-state index contributed by atoms with van der Waals surface area (Å²) in [5.41, 5.74) is 2.35. The van der Waals surface area contributed by atoms with Gasteiger partial charge < -0.3 is 15.4 Å². The normalized spacial score (nSPS) is 10.5. The van der Waals surface area contributed by atoms with Gasteiger partial charge in [-0.2, -0.15) is 0 Å². The zero-order chi connectivity index (χ0) is 17.2. The maximum atomic E-state index is 5.66. The molecule has 24 heavy (non-hydrogen) atoms. The molecule has 0 spiro atoms. The lowest BCUT2D eigenvalue weighted by molar-refractivity contribution is 0.307. The van der Waals surface area contributed by atoms with Crippen molar-refractivity contribution in [2.45, 2.75) is 32.6 Å². The summed E-state index contributed by atoms with van der Waals surface area (Å²) in [7, 11) is 0. The van der Waals surface area contributed by atoms with E-state index < -0.39 is 0 Å². The van der Waals surface area contributed by atoms with Gasteiger partial charge in [0, 0.05) is 12.2 Å². The van der Waals surface area contributed by atoms with Gasteiger partial charge in [-0.3, -0.25) is 0 Å². The van der Waals surface area contributed by atoms with Gasteiger partial charge in [-0.25, -0.2) is 0 Å². The molecule has 0 atom stereocenters. The number of anilines is 1. The molecule has 0 aliphatic rings. The predicted octanol–water partition coefficient (Wildman–Crippen LogP) is 4.96. The molecule has 4 heteroatoms. The zero-order valence-corrected chi connectivity index (χ0v) is 15.2. The number of nitrogens with one attached hydrogen (secondary N) is 2. The van der Waals surface area contributed by atoms with E-state index in [2.05, 4.69) is 48.7 Å². The van der Waals surface area contributed by atoms with E-state index in [1.54, 1.807) is 0 Å². The highest BCUT2D eigenvalue weighted by Crippen LogP contribution is 2.17. The third kappa shape index (κ3) is 6.59. The van der Waals surface area contributed by atoms with Gasteiger partial charge in [0.05, 0.1) is 6.61 Å². The van der Waals surface area contributed by atoms with Crippen molar-refractivity contribution in [2.24, 2.45) is 0 Å². The summed E-state index contributed by atoms with van der Waals surface area (Å²) in [6, 6.07) is 18.3. The summed E-state index contributed by atoms with van der Waals surface area (Å²) in [4.78, 5) is 0. The third-order valence-corrected chi connectivity index (χ3v) is 3.95. The van der Waals surface area contributed by atoms with Crippen LogP contribution in [0.4, 0.5) is 5.69 Å². The van der Waals surface area contributed by atoms with E-state index in [1.165, 1.54) is 5.56 Å². The van der Waals surface area contributed by atoms with Crippen LogP contribution in [0.1, 0.15) is 38.2 Å². The second-order valence-electron chi connectivity index (χ2n) is 6.03. The Morgan fingerprint density at radius 3 is 2.38 bits per heavy atom. The largest absolute Gasteiger partial charge is 0.494 e. The van der Waals surface area contributed by atoms with E-state index in [1.807, 2.05) is 30.3 Å². The summed E-state index contributed by atoms with van der Waals surface area (Å²) in [6.07, 6.45) is 2.01. The molecule has 2 aromatic carbocycles. The average molecular weight is 343 g/mol. The van der Waals surface area contributed by atoms with Crippen molar-refractivity contribution in [1.82, 2.24) is 5.32 Å². The number of rotatable bonds is 8. The van der Waals surface area contributed by atoms with Gasteiger partial charge in [0.2, 0.25) is 0 Å². The number of hydrogen-bond donors (Lipinski definition) is 2. The highest BCUT2D eigenvalue weighted by atomic mass is 32.1. The maximum absolute atomic E-state index is 5.66. The van der Waals surface area contributed by atoms with Crippen LogP contribution >= 0.6 is 12.2 Å². The van der Waals surface area contributed by atoms with Gasteiger partial charge in [-0.05, 0) is 60.8 Å². The Balaban J connectivity index is 1.58. The Morgan fingerprint density at radius 2 is 1.71 bits per heavy atom. The Bertz CT molecular complexity index is 611. The molecule has 0 bridgehead atoms. The Labute approximate surface area is 150 Å².